The summed E-state index contributed by atoms with van der Waals surface area (Å²) in [4.78, 5) is 8.50. The molecule has 2 heterocycles. The maximum atomic E-state index is 13.3. The van der Waals surface area contributed by atoms with Crippen LogP contribution >= 0.6 is 0 Å². The standard InChI is InChI=1S/C18H17F3N4O/c1-10-8-23-5-4-13(10)17-24-11(2)9-25(17)14-6-12(18(19,20)21)7-15(26-3)16(14)22/h4-9H,22H2,1-3H3. The second-order valence-corrected chi connectivity index (χ2v) is 5.88. The number of ether oxygens (including phenoxy) is 1. The lowest BCUT2D eigenvalue weighted by Crippen LogP contribution is -2.10. The van der Waals surface area contributed by atoms with Crippen molar-refractivity contribution in [2.24, 2.45) is 0 Å². The molecular formula is C18H17F3N4O. The molecule has 0 fully saturated rings. The summed E-state index contributed by atoms with van der Waals surface area (Å²) >= 11 is 0. The van der Waals surface area contributed by atoms with E-state index in [1.165, 1.54) is 7.11 Å². The Morgan fingerprint density at radius 2 is 1.92 bits per heavy atom. The lowest BCUT2D eigenvalue weighted by molar-refractivity contribution is -0.137. The average molecular weight is 362 g/mol. The van der Waals surface area contributed by atoms with Gasteiger partial charge >= 0.3 is 6.18 Å². The number of nitrogen functional groups attached to an aromatic ring is 1. The van der Waals surface area contributed by atoms with E-state index >= 15 is 0 Å². The van der Waals surface area contributed by atoms with Crippen LogP contribution in [0.4, 0.5) is 18.9 Å². The van der Waals surface area contributed by atoms with Gasteiger partial charge in [0.1, 0.15) is 11.6 Å². The molecular weight excluding hydrogens is 345 g/mol. The van der Waals surface area contributed by atoms with Gasteiger partial charge in [0.2, 0.25) is 0 Å². The lowest BCUT2D eigenvalue weighted by Gasteiger charge is -2.17. The Morgan fingerprint density at radius 3 is 2.54 bits per heavy atom. The summed E-state index contributed by atoms with van der Waals surface area (Å²) in [5.41, 5.74) is 7.74. The molecule has 0 aliphatic rings. The Bertz CT molecular complexity index is 964. The van der Waals surface area contributed by atoms with Crippen LogP contribution in [0.2, 0.25) is 0 Å². The van der Waals surface area contributed by atoms with Crippen LogP contribution in [-0.4, -0.2) is 21.6 Å². The predicted molar refractivity (Wildman–Crippen MR) is 92.2 cm³/mol. The molecule has 1 aromatic carbocycles. The highest BCUT2D eigenvalue weighted by molar-refractivity contribution is 5.72. The molecule has 5 nitrogen and oxygen atoms in total. The smallest absolute Gasteiger partial charge is 0.416 e. The lowest BCUT2D eigenvalue weighted by atomic mass is 10.1. The Labute approximate surface area is 148 Å². The van der Waals surface area contributed by atoms with Crippen molar-refractivity contribution in [3.63, 3.8) is 0 Å². The topological polar surface area (TPSA) is 66.0 Å². The minimum atomic E-state index is -4.53. The van der Waals surface area contributed by atoms with E-state index < -0.39 is 11.7 Å². The van der Waals surface area contributed by atoms with E-state index in [1.54, 1.807) is 36.1 Å². The second-order valence-electron chi connectivity index (χ2n) is 5.88. The summed E-state index contributed by atoms with van der Waals surface area (Å²) in [6.07, 6.45) is 0.380. The molecule has 2 N–H and O–H groups in total. The van der Waals surface area contributed by atoms with Gasteiger partial charge in [-0.1, -0.05) is 0 Å². The molecule has 8 heteroatoms. The van der Waals surface area contributed by atoms with Crippen LogP contribution in [0.1, 0.15) is 16.8 Å². The average Bonchev–Trinajstić information content (AvgIpc) is 2.95. The molecule has 3 aromatic rings. The molecule has 0 unspecified atom stereocenters. The van der Waals surface area contributed by atoms with E-state index in [4.69, 9.17) is 10.5 Å². The molecule has 0 aliphatic carbocycles. The molecule has 0 spiro atoms. The van der Waals surface area contributed by atoms with E-state index in [0.717, 1.165) is 23.3 Å². The zero-order valence-electron chi connectivity index (χ0n) is 14.4. The number of anilines is 1. The Hall–Kier alpha value is -3.03. The number of hydrogen-bond donors (Lipinski definition) is 1. The zero-order valence-corrected chi connectivity index (χ0v) is 14.4. The van der Waals surface area contributed by atoms with Crippen LogP contribution < -0.4 is 10.5 Å². The van der Waals surface area contributed by atoms with E-state index in [1.807, 2.05) is 6.92 Å². The van der Waals surface area contributed by atoms with Gasteiger partial charge in [-0.3, -0.25) is 9.55 Å². The highest BCUT2D eigenvalue weighted by Gasteiger charge is 2.33. The third-order valence-electron chi connectivity index (χ3n) is 4.01. The van der Waals surface area contributed by atoms with Gasteiger partial charge in [-0.05, 0) is 37.6 Å². The minimum absolute atomic E-state index is 0.0430. The van der Waals surface area contributed by atoms with E-state index in [-0.39, 0.29) is 17.1 Å². The fourth-order valence-electron chi connectivity index (χ4n) is 2.74. The number of rotatable bonds is 3. The van der Waals surface area contributed by atoms with Crippen molar-refractivity contribution in [1.82, 2.24) is 14.5 Å². The van der Waals surface area contributed by atoms with Crippen molar-refractivity contribution < 1.29 is 17.9 Å². The number of benzene rings is 1. The fourth-order valence-corrected chi connectivity index (χ4v) is 2.74. The van der Waals surface area contributed by atoms with Crippen LogP contribution in [0.15, 0.2) is 36.8 Å². The van der Waals surface area contributed by atoms with Gasteiger partial charge in [-0.25, -0.2) is 4.98 Å². The summed E-state index contributed by atoms with van der Waals surface area (Å²) in [7, 11) is 1.28. The molecule has 0 atom stereocenters. The number of nitrogens with zero attached hydrogens (tertiary/aromatic N) is 3. The zero-order chi connectivity index (χ0) is 19.1. The first-order chi connectivity index (χ1) is 12.2. The summed E-state index contributed by atoms with van der Waals surface area (Å²) < 4.78 is 46.5. The van der Waals surface area contributed by atoms with E-state index in [9.17, 15) is 13.2 Å². The van der Waals surface area contributed by atoms with E-state index in [0.29, 0.717) is 11.5 Å². The van der Waals surface area contributed by atoms with Crippen LogP contribution in [0, 0.1) is 13.8 Å². The van der Waals surface area contributed by atoms with Crippen molar-refractivity contribution in [2.75, 3.05) is 12.8 Å². The third kappa shape index (κ3) is 3.10. The fraction of sp³-hybridized carbons (Fsp3) is 0.222. The maximum absolute atomic E-state index is 13.3. The highest BCUT2D eigenvalue weighted by atomic mass is 19.4. The number of pyridine rings is 1. The third-order valence-corrected chi connectivity index (χ3v) is 4.01. The first kappa shape index (κ1) is 17.8. The van der Waals surface area contributed by atoms with Gasteiger partial charge in [0, 0.05) is 24.2 Å². The summed E-state index contributed by atoms with van der Waals surface area (Å²) in [5, 5.41) is 0. The van der Waals surface area contributed by atoms with Gasteiger partial charge < -0.3 is 10.5 Å². The van der Waals surface area contributed by atoms with Gasteiger partial charge in [0.25, 0.3) is 0 Å². The molecule has 0 bridgehead atoms. The number of aromatic nitrogens is 3. The Morgan fingerprint density at radius 1 is 1.19 bits per heavy atom. The van der Waals surface area contributed by atoms with Gasteiger partial charge in [0.05, 0.1) is 29.7 Å². The summed E-state index contributed by atoms with van der Waals surface area (Å²) in [6.45, 7) is 3.62. The molecule has 136 valence electrons. The Kier molecular flexibility index (Phi) is 4.35. The number of nitrogens with two attached hydrogens (primary N) is 1. The van der Waals surface area contributed by atoms with Crippen molar-refractivity contribution >= 4 is 5.69 Å². The van der Waals surface area contributed by atoms with Gasteiger partial charge in [0.15, 0.2) is 0 Å². The normalized spacial score (nSPS) is 11.6. The largest absolute Gasteiger partial charge is 0.495 e. The van der Waals surface area contributed by atoms with Gasteiger partial charge in [-0.2, -0.15) is 13.2 Å². The molecule has 0 saturated heterocycles. The van der Waals surface area contributed by atoms with Crippen molar-refractivity contribution in [3.05, 3.63) is 53.6 Å². The van der Waals surface area contributed by atoms with E-state index in [2.05, 4.69) is 9.97 Å². The van der Waals surface area contributed by atoms with Crippen LogP contribution in [0.5, 0.6) is 5.75 Å². The summed E-state index contributed by atoms with van der Waals surface area (Å²) in [5.74, 6) is 0.439. The quantitative estimate of drug-likeness (QED) is 0.711. The van der Waals surface area contributed by atoms with Crippen molar-refractivity contribution in [3.8, 4) is 22.8 Å². The number of halogens is 3. The van der Waals surface area contributed by atoms with Gasteiger partial charge in [-0.15, -0.1) is 0 Å². The number of hydrogen-bond acceptors (Lipinski definition) is 4. The predicted octanol–water partition coefficient (Wildman–Crippen LogP) is 4.16. The number of methoxy groups -OCH3 is 1. The molecule has 0 aliphatic heterocycles. The molecule has 3 rings (SSSR count). The van der Waals surface area contributed by atoms with Crippen LogP contribution in [-0.2, 0) is 6.18 Å². The molecule has 0 saturated carbocycles. The number of imidazole rings is 1. The first-order valence-corrected chi connectivity index (χ1v) is 7.74. The monoisotopic (exact) mass is 362 g/mol. The molecule has 0 amide bonds. The van der Waals surface area contributed by atoms with Crippen molar-refractivity contribution in [2.45, 2.75) is 20.0 Å². The van der Waals surface area contributed by atoms with Crippen molar-refractivity contribution in [1.29, 1.82) is 0 Å². The number of aryl methyl sites for hydroxylation is 2. The first-order valence-electron chi connectivity index (χ1n) is 7.74. The van der Waals surface area contributed by atoms with Crippen LogP contribution in [0.25, 0.3) is 17.1 Å². The number of alkyl halides is 3. The second kappa shape index (κ2) is 6.36. The SMILES string of the molecule is COc1cc(C(F)(F)F)cc(-n2cc(C)nc2-c2ccncc2C)c1N. The van der Waals surface area contributed by atoms with Crippen LogP contribution in [0.3, 0.4) is 0 Å². The molecule has 0 radical (unpaired) electrons. The molecule has 26 heavy (non-hydrogen) atoms. The maximum Gasteiger partial charge on any atom is 0.416 e. The minimum Gasteiger partial charge on any atom is -0.495 e. The summed E-state index contributed by atoms with van der Waals surface area (Å²) in [6, 6.07) is 3.65. The molecule has 2 aromatic heterocycles. The highest BCUT2D eigenvalue weighted by Crippen LogP contribution is 2.39. The Balaban J connectivity index is 2.30.